The van der Waals surface area contributed by atoms with Crippen LogP contribution < -0.4 is 5.32 Å². The molecule has 1 N–H and O–H groups in total. The van der Waals surface area contributed by atoms with E-state index in [4.69, 9.17) is 0 Å². The molecule has 2 rings (SSSR count). The lowest BCUT2D eigenvalue weighted by Crippen LogP contribution is -2.32. The summed E-state index contributed by atoms with van der Waals surface area (Å²) >= 11 is 0. The molecule has 0 spiro atoms. The molecule has 0 saturated carbocycles. The largest absolute Gasteiger partial charge is 0.314 e. The van der Waals surface area contributed by atoms with Crippen LogP contribution >= 0.6 is 0 Å². The highest BCUT2D eigenvalue weighted by molar-refractivity contribution is 5.23. The molecule has 0 bridgehead atoms. The molecule has 2 nitrogen and oxygen atoms in total. The van der Waals surface area contributed by atoms with Gasteiger partial charge in [-0.2, -0.15) is 0 Å². The van der Waals surface area contributed by atoms with Crippen molar-refractivity contribution < 1.29 is 0 Å². The van der Waals surface area contributed by atoms with Gasteiger partial charge in [0.25, 0.3) is 0 Å². The number of rotatable bonds is 8. The minimum Gasteiger partial charge on any atom is -0.314 e. The highest BCUT2D eigenvalue weighted by Crippen LogP contribution is 2.11. The van der Waals surface area contributed by atoms with Crippen molar-refractivity contribution in [1.82, 2.24) is 10.3 Å². The summed E-state index contributed by atoms with van der Waals surface area (Å²) in [5, 5.41) is 3.69. The first-order valence-electron chi connectivity index (χ1n) is 7.95. The van der Waals surface area contributed by atoms with Crippen LogP contribution in [0.3, 0.4) is 0 Å². The second-order valence-electron chi connectivity index (χ2n) is 5.74. The Labute approximate surface area is 128 Å². The van der Waals surface area contributed by atoms with Gasteiger partial charge >= 0.3 is 0 Å². The van der Waals surface area contributed by atoms with Gasteiger partial charge in [-0.3, -0.25) is 4.98 Å². The lowest BCUT2D eigenvalue weighted by atomic mass is 9.98. The number of nitrogens with zero attached hydrogens (tertiary/aromatic N) is 1. The summed E-state index contributed by atoms with van der Waals surface area (Å²) < 4.78 is 0. The fraction of sp³-hybridized carbons (Fsp3) is 0.421. The van der Waals surface area contributed by atoms with E-state index in [9.17, 15) is 0 Å². The van der Waals surface area contributed by atoms with E-state index in [2.05, 4.69) is 60.5 Å². The first kappa shape index (κ1) is 15.7. The molecular weight excluding hydrogens is 256 g/mol. The molecule has 2 heteroatoms. The molecule has 21 heavy (non-hydrogen) atoms. The van der Waals surface area contributed by atoms with Gasteiger partial charge in [0, 0.05) is 18.4 Å². The van der Waals surface area contributed by atoms with E-state index in [1.165, 1.54) is 23.1 Å². The van der Waals surface area contributed by atoms with Gasteiger partial charge in [0.05, 0.1) is 0 Å². The molecule has 0 aliphatic heterocycles. The van der Waals surface area contributed by atoms with E-state index >= 15 is 0 Å². The van der Waals surface area contributed by atoms with Gasteiger partial charge in [-0.05, 0) is 62.4 Å². The molecule has 112 valence electrons. The lowest BCUT2D eigenvalue weighted by Gasteiger charge is -2.19. The maximum Gasteiger partial charge on any atom is 0.0270 e. The molecule has 0 amide bonds. The maximum atomic E-state index is 4.08. The van der Waals surface area contributed by atoms with Crippen LogP contribution in [-0.4, -0.2) is 17.6 Å². The summed E-state index contributed by atoms with van der Waals surface area (Å²) in [7, 11) is 0. The fourth-order valence-corrected chi connectivity index (χ4v) is 2.64. The standard InChI is InChI=1S/C19H26N2/c1-3-11-21-19(8-7-17-9-12-20-13-10-17)15-18-6-4-5-16(2)14-18/h4-6,9-10,12-14,19,21H,3,7-8,11,15H2,1-2H3. The van der Waals surface area contributed by atoms with Crippen molar-refractivity contribution >= 4 is 0 Å². The number of benzene rings is 1. The van der Waals surface area contributed by atoms with Crippen molar-refractivity contribution in [2.45, 2.75) is 45.6 Å². The number of aryl methyl sites for hydroxylation is 2. The Hall–Kier alpha value is -1.67. The Balaban J connectivity index is 1.94. The van der Waals surface area contributed by atoms with Crippen LogP contribution in [0.15, 0.2) is 48.8 Å². The Morgan fingerprint density at radius 3 is 2.62 bits per heavy atom. The van der Waals surface area contributed by atoms with Crippen LogP contribution in [-0.2, 0) is 12.8 Å². The number of aromatic nitrogens is 1. The third kappa shape index (κ3) is 5.68. The summed E-state index contributed by atoms with van der Waals surface area (Å²) in [6, 6.07) is 13.6. The van der Waals surface area contributed by atoms with Gasteiger partial charge in [0.1, 0.15) is 0 Å². The maximum absolute atomic E-state index is 4.08. The molecule has 1 unspecified atom stereocenters. The van der Waals surface area contributed by atoms with Gasteiger partial charge in [0.15, 0.2) is 0 Å². The van der Waals surface area contributed by atoms with Gasteiger partial charge in [0.2, 0.25) is 0 Å². The second kappa shape index (κ2) is 8.58. The quantitative estimate of drug-likeness (QED) is 0.793. The van der Waals surface area contributed by atoms with Crippen molar-refractivity contribution in [1.29, 1.82) is 0 Å². The lowest BCUT2D eigenvalue weighted by molar-refractivity contribution is 0.477. The predicted molar refractivity (Wildman–Crippen MR) is 89.5 cm³/mol. The van der Waals surface area contributed by atoms with Crippen LogP contribution in [0.5, 0.6) is 0 Å². The van der Waals surface area contributed by atoms with Crippen LogP contribution in [0.25, 0.3) is 0 Å². The first-order chi connectivity index (χ1) is 10.3. The van der Waals surface area contributed by atoms with Crippen molar-refractivity contribution in [2.24, 2.45) is 0 Å². The van der Waals surface area contributed by atoms with Crippen molar-refractivity contribution in [3.8, 4) is 0 Å². The number of hydrogen-bond acceptors (Lipinski definition) is 2. The minimum absolute atomic E-state index is 0.542. The second-order valence-corrected chi connectivity index (χ2v) is 5.74. The first-order valence-corrected chi connectivity index (χ1v) is 7.95. The highest BCUT2D eigenvalue weighted by atomic mass is 14.9. The molecule has 0 aliphatic carbocycles. The Morgan fingerprint density at radius 2 is 1.90 bits per heavy atom. The molecule has 0 aliphatic rings. The molecular formula is C19H26N2. The molecule has 0 saturated heterocycles. The minimum atomic E-state index is 0.542. The Morgan fingerprint density at radius 1 is 1.10 bits per heavy atom. The zero-order valence-electron chi connectivity index (χ0n) is 13.2. The smallest absolute Gasteiger partial charge is 0.0270 e. The van der Waals surface area contributed by atoms with E-state index in [-0.39, 0.29) is 0 Å². The van der Waals surface area contributed by atoms with E-state index < -0.39 is 0 Å². The zero-order valence-corrected chi connectivity index (χ0v) is 13.2. The van der Waals surface area contributed by atoms with Gasteiger partial charge in [-0.25, -0.2) is 0 Å². The molecule has 1 atom stereocenters. The van der Waals surface area contributed by atoms with Crippen LogP contribution in [0.4, 0.5) is 0 Å². The predicted octanol–water partition coefficient (Wildman–Crippen LogP) is 3.93. The average Bonchev–Trinajstić information content (AvgIpc) is 2.51. The average molecular weight is 282 g/mol. The molecule has 1 aromatic heterocycles. The van der Waals surface area contributed by atoms with E-state index in [1.807, 2.05) is 12.4 Å². The topological polar surface area (TPSA) is 24.9 Å². The Bertz CT molecular complexity index is 522. The van der Waals surface area contributed by atoms with E-state index in [0.717, 1.165) is 25.8 Å². The molecule has 1 heterocycles. The summed E-state index contributed by atoms with van der Waals surface area (Å²) in [5.74, 6) is 0. The number of nitrogens with one attached hydrogen (secondary N) is 1. The van der Waals surface area contributed by atoms with E-state index in [0.29, 0.717) is 6.04 Å². The van der Waals surface area contributed by atoms with E-state index in [1.54, 1.807) is 0 Å². The van der Waals surface area contributed by atoms with Crippen LogP contribution in [0.1, 0.15) is 36.5 Å². The van der Waals surface area contributed by atoms with Crippen LogP contribution in [0, 0.1) is 6.92 Å². The third-order valence-electron chi connectivity index (χ3n) is 3.78. The molecule has 0 fully saturated rings. The summed E-state index contributed by atoms with van der Waals surface area (Å²) in [6.07, 6.45) is 8.31. The SMILES string of the molecule is CCCNC(CCc1ccncc1)Cc1cccc(C)c1. The highest BCUT2D eigenvalue weighted by Gasteiger charge is 2.09. The van der Waals surface area contributed by atoms with Crippen molar-refractivity contribution in [2.75, 3.05) is 6.54 Å². The summed E-state index contributed by atoms with van der Waals surface area (Å²) in [6.45, 7) is 5.47. The van der Waals surface area contributed by atoms with Crippen LogP contribution in [0.2, 0.25) is 0 Å². The van der Waals surface area contributed by atoms with Crippen molar-refractivity contribution in [3.05, 3.63) is 65.5 Å². The molecule has 0 radical (unpaired) electrons. The van der Waals surface area contributed by atoms with Gasteiger partial charge in [-0.15, -0.1) is 0 Å². The van der Waals surface area contributed by atoms with Crippen molar-refractivity contribution in [3.63, 3.8) is 0 Å². The zero-order chi connectivity index (χ0) is 14.9. The number of hydrogen-bond donors (Lipinski definition) is 1. The molecule has 1 aromatic carbocycles. The van der Waals surface area contributed by atoms with Gasteiger partial charge in [-0.1, -0.05) is 36.8 Å². The number of pyridine rings is 1. The third-order valence-corrected chi connectivity index (χ3v) is 3.78. The fourth-order valence-electron chi connectivity index (χ4n) is 2.64. The molecule has 2 aromatic rings. The summed E-state index contributed by atoms with van der Waals surface area (Å²) in [4.78, 5) is 4.08. The summed E-state index contributed by atoms with van der Waals surface area (Å²) in [5.41, 5.74) is 4.15. The monoisotopic (exact) mass is 282 g/mol. The normalized spacial score (nSPS) is 12.3. The van der Waals surface area contributed by atoms with Gasteiger partial charge < -0.3 is 5.32 Å². The Kier molecular flexibility index (Phi) is 6.42.